The lowest BCUT2D eigenvalue weighted by Crippen LogP contribution is -2.28. The van der Waals surface area contributed by atoms with Gasteiger partial charge in [-0.25, -0.2) is 9.78 Å². The lowest BCUT2D eigenvalue weighted by atomic mass is 10.1. The van der Waals surface area contributed by atoms with Gasteiger partial charge in [-0.15, -0.1) is 8.78 Å². The second-order valence-electron chi connectivity index (χ2n) is 7.90. The number of alkyl halides is 5. The van der Waals surface area contributed by atoms with Crippen molar-refractivity contribution < 1.29 is 50.9 Å². The van der Waals surface area contributed by atoms with Crippen molar-refractivity contribution in [1.82, 2.24) is 4.98 Å². The summed E-state index contributed by atoms with van der Waals surface area (Å²) in [5.41, 5.74) is 0.114. The number of anilines is 3. The molecule has 10 nitrogen and oxygen atoms in total. The van der Waals surface area contributed by atoms with Crippen LogP contribution in [0.1, 0.15) is 15.9 Å². The van der Waals surface area contributed by atoms with Crippen molar-refractivity contribution in [2.24, 2.45) is 0 Å². The van der Waals surface area contributed by atoms with Gasteiger partial charge in [0, 0.05) is 31.0 Å². The number of esters is 1. The third-order valence-electron chi connectivity index (χ3n) is 5.08. The summed E-state index contributed by atoms with van der Waals surface area (Å²) < 4.78 is 78.5. The molecule has 4 N–H and O–H groups in total. The van der Waals surface area contributed by atoms with Crippen molar-refractivity contribution in [2.45, 2.75) is 19.0 Å². The molecule has 0 bridgehead atoms. The first kappa shape index (κ1) is 27.4. The number of rotatable bonds is 9. The predicted molar refractivity (Wildman–Crippen MR) is 126 cm³/mol. The van der Waals surface area contributed by atoms with Crippen molar-refractivity contribution in [3.63, 3.8) is 0 Å². The summed E-state index contributed by atoms with van der Waals surface area (Å²) in [7, 11) is 0. The van der Waals surface area contributed by atoms with Crippen LogP contribution in [-0.4, -0.2) is 47.6 Å². The maximum absolute atomic E-state index is 13.3. The number of fused-ring (bicyclic) bond motifs is 1. The molecule has 1 aromatic heterocycles. The van der Waals surface area contributed by atoms with Crippen LogP contribution in [0.4, 0.5) is 39.1 Å². The Balaban J connectivity index is 1.60. The number of hydrogen-bond acceptors (Lipinski definition) is 9. The number of aliphatic hydroxyl groups excluding tert-OH is 1. The highest BCUT2D eigenvalue weighted by Crippen LogP contribution is 2.42. The van der Waals surface area contributed by atoms with Gasteiger partial charge >= 0.3 is 18.4 Å². The van der Waals surface area contributed by atoms with Crippen LogP contribution in [0.5, 0.6) is 17.2 Å². The molecule has 39 heavy (non-hydrogen) atoms. The van der Waals surface area contributed by atoms with Gasteiger partial charge in [-0.05, 0) is 42.0 Å². The van der Waals surface area contributed by atoms with Gasteiger partial charge in [0.05, 0.1) is 17.9 Å². The monoisotopic (exact) mass is 554 g/mol. The van der Waals surface area contributed by atoms with Gasteiger partial charge < -0.3 is 35.3 Å². The van der Waals surface area contributed by atoms with Crippen molar-refractivity contribution in [2.75, 3.05) is 29.1 Å². The fraction of sp³-hybridized carbons (Fsp3) is 0.208. The maximum Gasteiger partial charge on any atom is 0.586 e. The Morgan fingerprint density at radius 2 is 1.79 bits per heavy atom. The Hall–Kier alpha value is -4.66. The molecular formula is C24H19F5N4O6. The number of pyridine rings is 1. The molecule has 0 fully saturated rings. The van der Waals surface area contributed by atoms with Gasteiger partial charge in [0.2, 0.25) is 0 Å². The quantitative estimate of drug-likeness (QED) is 0.175. The molecule has 0 aliphatic carbocycles. The number of nitrogens with one attached hydrogen (secondary N) is 3. The Labute approximate surface area is 216 Å². The molecule has 2 aromatic carbocycles. The van der Waals surface area contributed by atoms with Crippen LogP contribution in [-0.2, 0) is 11.3 Å². The van der Waals surface area contributed by atoms with Crippen molar-refractivity contribution in [3.8, 4) is 17.2 Å². The van der Waals surface area contributed by atoms with E-state index in [4.69, 9.17) is 5.11 Å². The van der Waals surface area contributed by atoms with Crippen LogP contribution in [0.2, 0.25) is 0 Å². The van der Waals surface area contributed by atoms with Crippen molar-refractivity contribution in [3.05, 3.63) is 65.9 Å². The van der Waals surface area contributed by atoms with Crippen LogP contribution < -0.4 is 30.2 Å². The van der Waals surface area contributed by atoms with Crippen LogP contribution in [0.3, 0.4) is 0 Å². The molecule has 4 rings (SSSR count). The summed E-state index contributed by atoms with van der Waals surface area (Å²) >= 11 is 0. The number of nitrogens with zero attached hydrogens (tertiary/aromatic N) is 1. The van der Waals surface area contributed by atoms with Gasteiger partial charge in [0.1, 0.15) is 5.82 Å². The Morgan fingerprint density at radius 3 is 2.54 bits per heavy atom. The first-order valence-electron chi connectivity index (χ1n) is 11.1. The van der Waals surface area contributed by atoms with Gasteiger partial charge in [-0.1, -0.05) is 6.07 Å². The second-order valence-corrected chi connectivity index (χ2v) is 7.90. The number of halogens is 5. The minimum absolute atomic E-state index is 0.0115. The molecule has 1 aliphatic heterocycles. The molecule has 0 unspecified atom stereocenters. The fourth-order valence-corrected chi connectivity index (χ4v) is 3.43. The molecule has 15 heteroatoms. The molecule has 0 spiro atoms. The second kappa shape index (κ2) is 11.0. The molecule has 2 heterocycles. The van der Waals surface area contributed by atoms with Crippen LogP contribution in [0, 0.1) is 0 Å². The first-order chi connectivity index (χ1) is 18.4. The highest BCUT2D eigenvalue weighted by molar-refractivity contribution is 6.09. The van der Waals surface area contributed by atoms with E-state index in [1.807, 2.05) is 0 Å². The average Bonchev–Trinajstić information content (AvgIpc) is 3.19. The van der Waals surface area contributed by atoms with E-state index in [2.05, 4.69) is 35.1 Å². The van der Waals surface area contributed by atoms with Gasteiger partial charge in [-0.3, -0.25) is 4.79 Å². The Bertz CT molecular complexity index is 1390. The third kappa shape index (κ3) is 6.81. The zero-order valence-corrected chi connectivity index (χ0v) is 19.6. The number of aliphatic hydroxyl groups is 1. The zero-order valence-electron chi connectivity index (χ0n) is 19.6. The lowest BCUT2D eigenvalue weighted by molar-refractivity contribution is -0.286. The number of amides is 1. The summed E-state index contributed by atoms with van der Waals surface area (Å²) in [6, 6.07) is 10.2. The summed E-state index contributed by atoms with van der Waals surface area (Å²) in [6.45, 7) is 0.0323. The zero-order chi connectivity index (χ0) is 28.2. The topological polar surface area (TPSA) is 131 Å². The first-order valence-corrected chi connectivity index (χ1v) is 11.1. The summed E-state index contributed by atoms with van der Waals surface area (Å²) in [5.74, 6) is -4.14. The van der Waals surface area contributed by atoms with Crippen molar-refractivity contribution in [1.29, 1.82) is 0 Å². The Kier molecular flexibility index (Phi) is 7.71. The number of aromatic nitrogens is 1. The van der Waals surface area contributed by atoms with E-state index < -0.39 is 30.1 Å². The fourth-order valence-electron chi connectivity index (χ4n) is 3.43. The SMILES string of the molecule is O=C(Nc1ccc2c(c1)OC(F)(F)O2)c1cccc(OC(=O)C(F)(F)F)c1NCc1ccnc(NCCO)c1. The molecule has 1 amide bonds. The number of ether oxygens (including phenoxy) is 3. The molecule has 0 saturated heterocycles. The molecule has 1 aliphatic rings. The number of para-hydroxylation sites is 1. The molecule has 0 atom stereocenters. The predicted octanol–water partition coefficient (Wildman–Crippen LogP) is 4.14. The van der Waals surface area contributed by atoms with Crippen molar-refractivity contribution >= 4 is 29.1 Å². The number of hydrogen-bond donors (Lipinski definition) is 4. The molecule has 0 radical (unpaired) electrons. The van der Waals surface area contributed by atoms with Crippen LogP contribution >= 0.6 is 0 Å². The van der Waals surface area contributed by atoms with Gasteiger partial charge in [-0.2, -0.15) is 13.2 Å². The third-order valence-corrected chi connectivity index (χ3v) is 5.08. The number of benzene rings is 2. The highest BCUT2D eigenvalue weighted by Gasteiger charge is 2.44. The summed E-state index contributed by atoms with van der Waals surface area (Å²) in [5, 5.41) is 17.0. The molecule has 0 saturated carbocycles. The van der Waals surface area contributed by atoms with E-state index in [0.29, 0.717) is 11.4 Å². The normalized spacial score (nSPS) is 13.5. The van der Waals surface area contributed by atoms with Crippen LogP contribution in [0.25, 0.3) is 0 Å². The number of carbonyl (C=O) groups excluding carboxylic acids is 2. The minimum Gasteiger partial charge on any atom is -0.418 e. The maximum atomic E-state index is 13.3. The van der Waals surface area contributed by atoms with E-state index in [0.717, 1.165) is 18.2 Å². The smallest absolute Gasteiger partial charge is 0.418 e. The van der Waals surface area contributed by atoms with E-state index in [9.17, 15) is 31.5 Å². The average molecular weight is 554 g/mol. The summed E-state index contributed by atoms with van der Waals surface area (Å²) in [6.07, 6.45) is -7.73. The highest BCUT2D eigenvalue weighted by atomic mass is 19.4. The largest absolute Gasteiger partial charge is 0.586 e. The van der Waals surface area contributed by atoms with Gasteiger partial charge in [0.25, 0.3) is 5.91 Å². The molecule has 206 valence electrons. The van der Waals surface area contributed by atoms with Gasteiger partial charge in [0.15, 0.2) is 17.2 Å². The molecule has 3 aromatic rings. The Morgan fingerprint density at radius 1 is 1.03 bits per heavy atom. The van der Waals surface area contributed by atoms with Crippen LogP contribution in [0.15, 0.2) is 54.7 Å². The van der Waals surface area contributed by atoms with E-state index in [1.54, 1.807) is 12.1 Å². The van der Waals surface area contributed by atoms with E-state index >= 15 is 0 Å². The van der Waals surface area contributed by atoms with E-state index in [1.165, 1.54) is 24.4 Å². The number of carbonyl (C=O) groups is 2. The van der Waals surface area contributed by atoms with E-state index in [-0.39, 0.29) is 48.1 Å². The minimum atomic E-state index is -5.30. The lowest BCUT2D eigenvalue weighted by Gasteiger charge is -2.17. The summed E-state index contributed by atoms with van der Waals surface area (Å²) in [4.78, 5) is 28.7. The standard InChI is InChI=1S/C24H19F5N4O6/c25-23(26,27)22(36)37-17-3-1-2-15(20(17)32-12-13-6-7-30-19(10-13)31-8-9-34)21(35)33-14-4-5-16-18(11-14)39-24(28,29)38-16/h1-7,10-11,32,34H,8-9,12H2,(H,30,31)(H,33,35). The molecular weight excluding hydrogens is 535 g/mol.